The molecule has 1 heterocycles. The van der Waals surface area contributed by atoms with E-state index < -0.39 is 17.8 Å². The van der Waals surface area contributed by atoms with Crippen molar-refractivity contribution in [2.75, 3.05) is 13.7 Å². The number of methoxy groups -OCH3 is 1. The molecule has 2 aromatic carbocycles. The van der Waals surface area contributed by atoms with Gasteiger partial charge in [-0.15, -0.1) is 0 Å². The summed E-state index contributed by atoms with van der Waals surface area (Å²) >= 11 is 1.16. The zero-order chi connectivity index (χ0) is 22.5. The number of carbonyl (C=O) groups excluding carboxylic acids is 4. The Labute approximate surface area is 181 Å². The second kappa shape index (κ2) is 9.48. The van der Waals surface area contributed by atoms with Crippen LogP contribution in [0.15, 0.2) is 47.5 Å². The average molecular weight is 440 g/mol. The van der Waals surface area contributed by atoms with E-state index in [2.05, 4.69) is 4.99 Å². The first-order valence-corrected chi connectivity index (χ1v) is 10.2. The summed E-state index contributed by atoms with van der Waals surface area (Å²) < 4.78 is 12.0. The first kappa shape index (κ1) is 22.1. The fourth-order valence-electron chi connectivity index (χ4n) is 2.89. The molecule has 0 aliphatic rings. The minimum Gasteiger partial charge on any atom is -0.465 e. The fraction of sp³-hybridized carbons (Fsp3) is 0.227. The van der Waals surface area contributed by atoms with Crippen LogP contribution in [0.4, 0.5) is 0 Å². The Morgan fingerprint density at radius 2 is 1.65 bits per heavy atom. The van der Waals surface area contributed by atoms with E-state index >= 15 is 0 Å². The maximum atomic E-state index is 12.7. The van der Waals surface area contributed by atoms with Gasteiger partial charge in [0.2, 0.25) is 0 Å². The zero-order valence-electron chi connectivity index (χ0n) is 17.2. The molecule has 0 aliphatic heterocycles. The summed E-state index contributed by atoms with van der Waals surface area (Å²) in [5, 5.41) is 0. The number of amides is 1. The molecule has 0 fully saturated rings. The standard InChI is InChI=1S/C22H20N2O6S/c1-4-30-19(26)12-24-17-10-9-16(21(28)29-3)11-18(17)31-22(24)23-20(27)15-7-5-14(6-8-15)13(2)25/h5-11H,4,12H2,1-3H3. The maximum absolute atomic E-state index is 12.7. The van der Waals surface area contributed by atoms with Crippen molar-refractivity contribution in [1.29, 1.82) is 0 Å². The molecule has 9 heteroatoms. The second-order valence-electron chi connectivity index (χ2n) is 6.50. The number of Topliss-reactive ketones (excluding diaryl/α,β-unsaturated/α-hetero) is 1. The highest BCUT2D eigenvalue weighted by atomic mass is 32.1. The SMILES string of the molecule is CCOC(=O)Cn1c(=NC(=O)c2ccc(C(C)=O)cc2)sc2cc(C(=O)OC)ccc21. The number of fused-ring (bicyclic) bond motifs is 1. The first-order valence-electron chi connectivity index (χ1n) is 9.41. The molecule has 1 amide bonds. The Morgan fingerprint density at radius 3 is 2.26 bits per heavy atom. The molecule has 0 saturated heterocycles. The Balaban J connectivity index is 2.09. The van der Waals surface area contributed by atoms with Crippen molar-refractivity contribution >= 4 is 45.2 Å². The van der Waals surface area contributed by atoms with Crippen LogP contribution >= 0.6 is 11.3 Å². The third-order valence-corrected chi connectivity index (χ3v) is 5.47. The molecular formula is C22H20N2O6S. The van der Waals surface area contributed by atoms with Gasteiger partial charge in [-0.05, 0) is 44.2 Å². The molecule has 31 heavy (non-hydrogen) atoms. The van der Waals surface area contributed by atoms with E-state index in [-0.39, 0.29) is 23.7 Å². The van der Waals surface area contributed by atoms with E-state index in [1.165, 1.54) is 26.2 Å². The molecule has 3 aromatic rings. The predicted molar refractivity (Wildman–Crippen MR) is 114 cm³/mol. The number of aromatic nitrogens is 1. The Kier molecular flexibility index (Phi) is 6.76. The smallest absolute Gasteiger partial charge is 0.337 e. The van der Waals surface area contributed by atoms with Crippen molar-refractivity contribution < 1.29 is 28.7 Å². The molecule has 0 aliphatic carbocycles. The van der Waals surface area contributed by atoms with Crippen molar-refractivity contribution in [2.24, 2.45) is 4.99 Å². The molecule has 1 aromatic heterocycles. The lowest BCUT2D eigenvalue weighted by molar-refractivity contribution is -0.143. The van der Waals surface area contributed by atoms with Crippen LogP contribution in [0.3, 0.4) is 0 Å². The molecule has 0 N–H and O–H groups in total. The van der Waals surface area contributed by atoms with Gasteiger partial charge in [-0.2, -0.15) is 4.99 Å². The minimum atomic E-state index is -0.521. The summed E-state index contributed by atoms with van der Waals surface area (Å²) in [6, 6.07) is 11.0. The van der Waals surface area contributed by atoms with Gasteiger partial charge < -0.3 is 14.0 Å². The van der Waals surface area contributed by atoms with Crippen LogP contribution in [-0.2, 0) is 20.8 Å². The van der Waals surface area contributed by atoms with E-state index in [0.29, 0.717) is 26.9 Å². The molecule has 160 valence electrons. The number of carbonyl (C=O) groups is 4. The van der Waals surface area contributed by atoms with Crippen molar-refractivity contribution in [3.05, 3.63) is 64.0 Å². The number of esters is 2. The Hall–Kier alpha value is -3.59. The minimum absolute atomic E-state index is 0.103. The maximum Gasteiger partial charge on any atom is 0.337 e. The van der Waals surface area contributed by atoms with Gasteiger partial charge in [0.15, 0.2) is 10.6 Å². The van der Waals surface area contributed by atoms with Crippen molar-refractivity contribution in [3.63, 3.8) is 0 Å². The lowest BCUT2D eigenvalue weighted by Crippen LogP contribution is -2.23. The van der Waals surface area contributed by atoms with Crippen LogP contribution in [0.5, 0.6) is 0 Å². The van der Waals surface area contributed by atoms with Gasteiger partial charge in [0.25, 0.3) is 5.91 Å². The van der Waals surface area contributed by atoms with Gasteiger partial charge in [-0.3, -0.25) is 14.4 Å². The summed E-state index contributed by atoms with van der Waals surface area (Å²) in [5.41, 5.74) is 1.77. The Morgan fingerprint density at radius 1 is 1.00 bits per heavy atom. The molecule has 8 nitrogen and oxygen atoms in total. The summed E-state index contributed by atoms with van der Waals surface area (Å²) in [4.78, 5) is 52.6. The first-order chi connectivity index (χ1) is 14.8. The normalized spacial score (nSPS) is 11.4. The highest BCUT2D eigenvalue weighted by Gasteiger charge is 2.15. The van der Waals surface area contributed by atoms with Gasteiger partial charge >= 0.3 is 11.9 Å². The summed E-state index contributed by atoms with van der Waals surface area (Å²) in [7, 11) is 1.29. The topological polar surface area (TPSA) is 104 Å². The van der Waals surface area contributed by atoms with Crippen LogP contribution in [-0.4, -0.2) is 41.9 Å². The second-order valence-corrected chi connectivity index (χ2v) is 7.51. The largest absolute Gasteiger partial charge is 0.465 e. The molecule has 3 rings (SSSR count). The van der Waals surface area contributed by atoms with Gasteiger partial charge in [0.05, 0.1) is 29.5 Å². The molecular weight excluding hydrogens is 420 g/mol. The predicted octanol–water partition coefficient (Wildman–Crippen LogP) is 3.00. The number of rotatable bonds is 6. The number of benzene rings is 2. The van der Waals surface area contributed by atoms with Crippen molar-refractivity contribution in [2.45, 2.75) is 20.4 Å². The molecule has 0 radical (unpaired) electrons. The monoisotopic (exact) mass is 440 g/mol. The number of thiazole rings is 1. The molecule has 0 bridgehead atoms. The highest BCUT2D eigenvalue weighted by Crippen LogP contribution is 2.20. The molecule has 0 spiro atoms. The number of ketones is 1. The quantitative estimate of drug-likeness (QED) is 0.431. The summed E-state index contributed by atoms with van der Waals surface area (Å²) in [6.45, 7) is 3.23. The van der Waals surface area contributed by atoms with E-state index in [1.54, 1.807) is 41.8 Å². The highest BCUT2D eigenvalue weighted by molar-refractivity contribution is 7.16. The van der Waals surface area contributed by atoms with E-state index in [9.17, 15) is 19.2 Å². The van der Waals surface area contributed by atoms with Gasteiger partial charge in [-0.25, -0.2) is 4.79 Å². The number of ether oxygens (including phenoxy) is 2. The zero-order valence-corrected chi connectivity index (χ0v) is 18.0. The lowest BCUT2D eigenvalue weighted by Gasteiger charge is -2.05. The van der Waals surface area contributed by atoms with E-state index in [0.717, 1.165) is 11.3 Å². The number of hydrogen-bond acceptors (Lipinski definition) is 7. The van der Waals surface area contributed by atoms with Crippen LogP contribution in [0, 0.1) is 0 Å². The molecule has 0 atom stereocenters. The fourth-order valence-corrected chi connectivity index (χ4v) is 3.96. The van der Waals surface area contributed by atoms with Crippen LogP contribution < -0.4 is 4.80 Å². The van der Waals surface area contributed by atoms with Crippen molar-refractivity contribution in [1.82, 2.24) is 4.57 Å². The van der Waals surface area contributed by atoms with Gasteiger partial charge in [0.1, 0.15) is 6.54 Å². The van der Waals surface area contributed by atoms with E-state index in [1.807, 2.05) is 0 Å². The number of hydrogen-bond donors (Lipinski definition) is 0. The van der Waals surface area contributed by atoms with Crippen molar-refractivity contribution in [3.8, 4) is 0 Å². The number of nitrogens with zero attached hydrogens (tertiary/aromatic N) is 2. The molecule has 0 unspecified atom stereocenters. The Bertz CT molecular complexity index is 1240. The third-order valence-electron chi connectivity index (χ3n) is 4.43. The average Bonchev–Trinajstić information content (AvgIpc) is 3.09. The van der Waals surface area contributed by atoms with E-state index in [4.69, 9.17) is 9.47 Å². The van der Waals surface area contributed by atoms with Crippen LogP contribution in [0.2, 0.25) is 0 Å². The van der Waals surface area contributed by atoms with Crippen LogP contribution in [0.1, 0.15) is 44.9 Å². The summed E-state index contributed by atoms with van der Waals surface area (Å²) in [5.74, 6) is -1.59. The summed E-state index contributed by atoms with van der Waals surface area (Å²) in [6.07, 6.45) is 0. The third kappa shape index (κ3) is 4.95. The van der Waals surface area contributed by atoms with Gasteiger partial charge in [0, 0.05) is 11.1 Å². The van der Waals surface area contributed by atoms with Crippen LogP contribution in [0.25, 0.3) is 10.2 Å². The lowest BCUT2D eigenvalue weighted by atomic mass is 10.1. The molecule has 0 saturated carbocycles. The van der Waals surface area contributed by atoms with Gasteiger partial charge in [-0.1, -0.05) is 23.5 Å².